The highest BCUT2D eigenvalue weighted by molar-refractivity contribution is 7.92. The minimum absolute atomic E-state index is 0.134. The van der Waals surface area contributed by atoms with Gasteiger partial charge in [0, 0.05) is 10.6 Å². The van der Waals surface area contributed by atoms with Crippen molar-refractivity contribution in [3.8, 4) is 0 Å². The lowest BCUT2D eigenvalue weighted by molar-refractivity contribution is -0.150. The molecule has 140 valence electrons. The zero-order valence-corrected chi connectivity index (χ0v) is 15.0. The van der Waals surface area contributed by atoms with Crippen molar-refractivity contribution in [3.05, 3.63) is 58.9 Å². The van der Waals surface area contributed by atoms with Gasteiger partial charge in [0.05, 0.1) is 17.1 Å². The fourth-order valence-corrected chi connectivity index (χ4v) is 4.39. The van der Waals surface area contributed by atoms with Crippen molar-refractivity contribution >= 4 is 44.8 Å². The maximum absolute atomic E-state index is 13.6. The average molecular weight is 412 g/mol. The summed E-state index contributed by atoms with van der Waals surface area (Å²) in [7, 11) is -4.27. The second kappa shape index (κ2) is 6.75. The van der Waals surface area contributed by atoms with Crippen LogP contribution < -0.4 is 4.31 Å². The Balaban J connectivity index is 2.18. The summed E-state index contributed by atoms with van der Waals surface area (Å²) in [6.07, 6.45) is 0. The zero-order chi connectivity index (χ0) is 19.9. The van der Waals surface area contributed by atoms with Crippen LogP contribution in [0.15, 0.2) is 47.4 Å². The quantitative estimate of drug-likeness (QED) is 0.610. The van der Waals surface area contributed by atoms with E-state index < -0.39 is 45.8 Å². The van der Waals surface area contributed by atoms with Crippen molar-refractivity contribution in [1.82, 2.24) is 0 Å². The van der Waals surface area contributed by atoms with Crippen LogP contribution in [-0.4, -0.2) is 37.6 Å². The van der Waals surface area contributed by atoms with Gasteiger partial charge in [0.2, 0.25) is 0 Å². The number of hydrogen-bond donors (Lipinski definition) is 1. The van der Waals surface area contributed by atoms with E-state index in [1.54, 1.807) is 0 Å². The number of rotatable bonds is 4. The molecule has 2 aromatic carbocycles. The number of carboxylic acid groups (broad SMARTS) is 1. The number of Topliss-reactive ketones (excluding diaryl/α,β-unsaturated/α-hetero) is 2. The molecule has 0 saturated heterocycles. The van der Waals surface area contributed by atoms with Crippen LogP contribution in [0.4, 0.5) is 10.1 Å². The lowest BCUT2D eigenvalue weighted by Crippen LogP contribution is -2.47. The Morgan fingerprint density at radius 1 is 1.15 bits per heavy atom. The molecule has 1 heterocycles. The third-order valence-corrected chi connectivity index (χ3v) is 6.13. The standard InChI is InChI=1S/C17H11ClFNO6S/c18-9-1-4-11(5-2-9)27(25,26)20-8-13(16(22)17(23)24)15(21)12-7-10(19)3-6-14(12)20/h1-7,13H,8H2,(H,23,24). The van der Waals surface area contributed by atoms with Crippen LogP contribution in [0.5, 0.6) is 0 Å². The molecule has 1 N–H and O–H groups in total. The second-order valence-electron chi connectivity index (χ2n) is 5.74. The molecule has 0 spiro atoms. The van der Waals surface area contributed by atoms with Gasteiger partial charge in [0.1, 0.15) is 11.7 Å². The molecule has 7 nitrogen and oxygen atoms in total. The first kappa shape index (κ1) is 19.0. The van der Waals surface area contributed by atoms with Crippen molar-refractivity contribution in [3.63, 3.8) is 0 Å². The molecule has 0 radical (unpaired) electrons. The topological polar surface area (TPSA) is 109 Å². The smallest absolute Gasteiger partial charge is 0.373 e. The van der Waals surface area contributed by atoms with Crippen LogP contribution in [-0.2, 0) is 19.6 Å². The normalized spacial score (nSPS) is 16.7. The van der Waals surface area contributed by atoms with Crippen LogP contribution in [0.1, 0.15) is 10.4 Å². The number of benzene rings is 2. The molecule has 10 heteroatoms. The SMILES string of the molecule is O=C(O)C(=O)C1CN(S(=O)(=O)c2ccc(Cl)cc2)c2ccc(F)cc2C1=O. The number of hydrogen-bond acceptors (Lipinski definition) is 5. The van der Waals surface area contributed by atoms with Gasteiger partial charge < -0.3 is 5.11 Å². The predicted octanol–water partition coefficient (Wildman–Crippen LogP) is 2.14. The summed E-state index contributed by atoms with van der Waals surface area (Å²) in [4.78, 5) is 35.2. The van der Waals surface area contributed by atoms with Gasteiger partial charge in [-0.3, -0.25) is 13.9 Å². The molecule has 1 unspecified atom stereocenters. The Morgan fingerprint density at radius 3 is 2.37 bits per heavy atom. The molecule has 0 aromatic heterocycles. The number of ketones is 2. The number of aliphatic carboxylic acids is 1. The molecular weight excluding hydrogens is 401 g/mol. The number of fused-ring (bicyclic) bond motifs is 1. The van der Waals surface area contributed by atoms with Crippen molar-refractivity contribution in [2.24, 2.45) is 5.92 Å². The first-order valence-corrected chi connectivity index (χ1v) is 9.34. The molecule has 0 saturated carbocycles. The summed E-state index contributed by atoms with van der Waals surface area (Å²) in [5, 5.41) is 9.23. The van der Waals surface area contributed by atoms with E-state index in [-0.39, 0.29) is 16.1 Å². The van der Waals surface area contributed by atoms with E-state index in [4.69, 9.17) is 16.7 Å². The highest BCUT2D eigenvalue weighted by atomic mass is 35.5. The van der Waals surface area contributed by atoms with Crippen LogP contribution in [0, 0.1) is 11.7 Å². The highest BCUT2D eigenvalue weighted by Crippen LogP contribution is 2.35. The van der Waals surface area contributed by atoms with E-state index in [9.17, 15) is 27.2 Å². The van der Waals surface area contributed by atoms with Crippen molar-refractivity contribution in [1.29, 1.82) is 0 Å². The van der Waals surface area contributed by atoms with Crippen molar-refractivity contribution in [2.75, 3.05) is 10.8 Å². The first-order valence-electron chi connectivity index (χ1n) is 7.52. The maximum atomic E-state index is 13.6. The van der Waals surface area contributed by atoms with E-state index >= 15 is 0 Å². The molecule has 1 atom stereocenters. The number of carboxylic acids is 1. The van der Waals surface area contributed by atoms with E-state index in [0.29, 0.717) is 5.02 Å². The molecule has 2 aromatic rings. The molecule has 1 aliphatic heterocycles. The molecular formula is C17H11ClFNO6S. The molecule has 3 rings (SSSR count). The largest absolute Gasteiger partial charge is 0.475 e. The van der Waals surface area contributed by atoms with Gasteiger partial charge >= 0.3 is 5.97 Å². The monoisotopic (exact) mass is 411 g/mol. The van der Waals surface area contributed by atoms with Crippen LogP contribution in [0.2, 0.25) is 5.02 Å². The molecule has 0 bridgehead atoms. The van der Waals surface area contributed by atoms with Gasteiger partial charge in [-0.05, 0) is 42.5 Å². The average Bonchev–Trinajstić information content (AvgIpc) is 2.62. The minimum Gasteiger partial charge on any atom is -0.475 e. The van der Waals surface area contributed by atoms with E-state index in [0.717, 1.165) is 22.5 Å². The van der Waals surface area contributed by atoms with Gasteiger partial charge in [-0.1, -0.05) is 11.6 Å². The minimum atomic E-state index is -4.27. The Kier molecular flexibility index (Phi) is 4.75. The first-order chi connectivity index (χ1) is 12.6. The van der Waals surface area contributed by atoms with Gasteiger partial charge in [-0.2, -0.15) is 0 Å². The summed E-state index contributed by atoms with van der Waals surface area (Å²) >= 11 is 5.76. The van der Waals surface area contributed by atoms with Gasteiger partial charge in [0.15, 0.2) is 5.78 Å². The third kappa shape index (κ3) is 3.31. The summed E-state index contributed by atoms with van der Waals surface area (Å²) in [6.45, 7) is -0.701. The summed E-state index contributed by atoms with van der Waals surface area (Å²) < 4.78 is 40.4. The van der Waals surface area contributed by atoms with Crippen LogP contribution >= 0.6 is 11.6 Å². The Bertz CT molecular complexity index is 1070. The Morgan fingerprint density at radius 2 is 1.78 bits per heavy atom. The Hall–Kier alpha value is -2.78. The van der Waals surface area contributed by atoms with Crippen molar-refractivity contribution < 1.29 is 32.3 Å². The summed E-state index contributed by atoms with van der Waals surface area (Å²) in [5.74, 6) is -6.89. The predicted molar refractivity (Wildman–Crippen MR) is 92.8 cm³/mol. The zero-order valence-electron chi connectivity index (χ0n) is 13.4. The number of carbonyl (C=O) groups excluding carboxylic acids is 2. The van der Waals surface area contributed by atoms with E-state index in [1.807, 2.05) is 0 Å². The molecule has 0 fully saturated rings. The molecule has 0 amide bonds. The lowest BCUT2D eigenvalue weighted by atomic mass is 9.89. The lowest BCUT2D eigenvalue weighted by Gasteiger charge is -2.33. The molecule has 1 aliphatic rings. The van der Waals surface area contributed by atoms with Gasteiger partial charge in [-0.25, -0.2) is 17.6 Å². The highest BCUT2D eigenvalue weighted by Gasteiger charge is 2.43. The fraction of sp³-hybridized carbons (Fsp3) is 0.118. The Labute approximate surface area is 158 Å². The summed E-state index contributed by atoms with van der Waals surface area (Å²) in [5.41, 5.74) is -0.510. The molecule has 0 aliphatic carbocycles. The van der Waals surface area contributed by atoms with Crippen molar-refractivity contribution in [2.45, 2.75) is 4.90 Å². The fourth-order valence-electron chi connectivity index (χ4n) is 2.77. The van der Waals surface area contributed by atoms with Crippen LogP contribution in [0.25, 0.3) is 0 Å². The summed E-state index contributed by atoms with van der Waals surface area (Å²) in [6, 6.07) is 7.98. The molecule has 27 heavy (non-hydrogen) atoms. The van der Waals surface area contributed by atoms with E-state index in [1.165, 1.54) is 24.3 Å². The number of sulfonamides is 1. The number of anilines is 1. The maximum Gasteiger partial charge on any atom is 0.373 e. The second-order valence-corrected chi connectivity index (χ2v) is 8.04. The van der Waals surface area contributed by atoms with Gasteiger partial charge in [-0.15, -0.1) is 0 Å². The number of carbonyl (C=O) groups is 3. The van der Waals surface area contributed by atoms with E-state index in [2.05, 4.69) is 0 Å². The number of halogens is 2. The third-order valence-electron chi connectivity index (χ3n) is 4.09. The van der Waals surface area contributed by atoms with Gasteiger partial charge in [0.25, 0.3) is 15.8 Å². The number of nitrogens with zero attached hydrogens (tertiary/aromatic N) is 1. The van der Waals surface area contributed by atoms with Crippen LogP contribution in [0.3, 0.4) is 0 Å².